The number of halogens is 4. The molecule has 146 valence electrons. The first-order valence-electron chi connectivity index (χ1n) is 8.15. The average molecular weight is 424 g/mol. The maximum absolute atomic E-state index is 13.8. The number of benzene rings is 3. The second-order valence-corrected chi connectivity index (χ2v) is 6.89. The molecule has 0 spiro atoms. The zero-order valence-corrected chi connectivity index (χ0v) is 16.2. The molecule has 28 heavy (non-hydrogen) atoms. The van der Waals surface area contributed by atoms with Gasteiger partial charge in [-0.15, -0.1) is 12.4 Å². The second-order valence-electron chi connectivity index (χ2n) is 5.84. The van der Waals surface area contributed by atoms with Crippen molar-refractivity contribution in [2.24, 2.45) is 5.73 Å². The van der Waals surface area contributed by atoms with Crippen molar-refractivity contribution in [2.75, 3.05) is 0 Å². The van der Waals surface area contributed by atoms with Gasteiger partial charge in [0.1, 0.15) is 0 Å². The smallest absolute Gasteiger partial charge is 0.326 e. The van der Waals surface area contributed by atoms with E-state index in [1.165, 1.54) is 0 Å². The fourth-order valence-electron chi connectivity index (χ4n) is 2.75. The Morgan fingerprint density at radius 2 is 1.57 bits per heavy atom. The molecule has 2 nitrogen and oxygen atoms in total. The minimum atomic E-state index is -4.55. The Kier molecular flexibility index (Phi) is 7.29. The number of carbonyl (C=O) groups excluding carboxylic acids is 1. The maximum atomic E-state index is 13.8. The Hall–Kier alpha value is -2.28. The molecule has 3 rings (SSSR count). The molecule has 0 aliphatic heterocycles. The number of rotatable bonds is 5. The van der Waals surface area contributed by atoms with E-state index >= 15 is 0 Å². The van der Waals surface area contributed by atoms with E-state index in [1.54, 1.807) is 60.7 Å². The van der Waals surface area contributed by atoms with Crippen molar-refractivity contribution in [3.63, 3.8) is 0 Å². The van der Waals surface area contributed by atoms with Crippen LogP contribution in [0.2, 0.25) is 0 Å². The van der Waals surface area contributed by atoms with E-state index < -0.39 is 11.7 Å². The average Bonchev–Trinajstić information content (AvgIpc) is 2.68. The Bertz CT molecular complexity index is 962. The van der Waals surface area contributed by atoms with Crippen LogP contribution in [-0.2, 0) is 12.7 Å². The molecule has 3 aromatic carbocycles. The van der Waals surface area contributed by atoms with Gasteiger partial charge in [-0.05, 0) is 34.9 Å². The van der Waals surface area contributed by atoms with Gasteiger partial charge in [0.05, 0.1) is 5.56 Å². The lowest BCUT2D eigenvalue weighted by Gasteiger charge is -2.19. The lowest BCUT2D eigenvalue weighted by atomic mass is 9.99. The number of carbonyl (C=O) groups is 1. The molecular weight excluding hydrogens is 407 g/mol. The van der Waals surface area contributed by atoms with Gasteiger partial charge < -0.3 is 5.73 Å². The molecule has 0 unspecified atom stereocenters. The zero-order chi connectivity index (χ0) is 19.4. The zero-order valence-electron chi connectivity index (χ0n) is 14.6. The van der Waals surface area contributed by atoms with E-state index in [1.807, 2.05) is 0 Å². The third-order valence-electron chi connectivity index (χ3n) is 4.06. The third-order valence-corrected chi connectivity index (χ3v) is 5.33. The van der Waals surface area contributed by atoms with Crippen molar-refractivity contribution < 1.29 is 18.0 Å². The number of alkyl halides is 3. The number of nitrogens with two attached hydrogens (primary N) is 1. The highest BCUT2D eigenvalue weighted by molar-refractivity contribution is 7.99. The minimum Gasteiger partial charge on any atom is -0.326 e. The normalized spacial score (nSPS) is 11.0. The summed E-state index contributed by atoms with van der Waals surface area (Å²) in [5.74, 6) is 0. The molecule has 0 radical (unpaired) electrons. The standard InChI is InChI=1S/C21H16F3NOS.ClH/c22-21(23,24)18-11-16(14-6-2-1-3-7-14)10-17(12-25)20(18)27-19-9-5-4-8-15(19)13-26;/h1-11,13H,12,25H2;1H. The third kappa shape index (κ3) is 4.76. The molecule has 0 saturated heterocycles. The molecule has 0 heterocycles. The van der Waals surface area contributed by atoms with Crippen LogP contribution in [0, 0.1) is 0 Å². The Balaban J connectivity index is 0.00000280. The maximum Gasteiger partial charge on any atom is 0.417 e. The highest BCUT2D eigenvalue weighted by Gasteiger charge is 2.35. The molecule has 0 amide bonds. The predicted molar refractivity (Wildman–Crippen MR) is 108 cm³/mol. The quantitative estimate of drug-likeness (QED) is 0.495. The highest BCUT2D eigenvalue weighted by atomic mass is 35.5. The first-order valence-corrected chi connectivity index (χ1v) is 8.97. The van der Waals surface area contributed by atoms with Crippen LogP contribution >= 0.6 is 24.2 Å². The van der Waals surface area contributed by atoms with Crippen LogP contribution in [-0.4, -0.2) is 6.29 Å². The van der Waals surface area contributed by atoms with Gasteiger partial charge in [0.25, 0.3) is 0 Å². The van der Waals surface area contributed by atoms with Gasteiger partial charge in [-0.2, -0.15) is 13.2 Å². The first kappa shape index (κ1) is 22.0. The van der Waals surface area contributed by atoms with Gasteiger partial charge in [0.15, 0.2) is 6.29 Å². The second kappa shape index (κ2) is 9.28. The van der Waals surface area contributed by atoms with Crippen molar-refractivity contribution >= 4 is 30.5 Å². The fraction of sp³-hybridized carbons (Fsp3) is 0.0952. The SMILES string of the molecule is Cl.NCc1cc(-c2ccccc2)cc(C(F)(F)F)c1Sc1ccccc1C=O. The van der Waals surface area contributed by atoms with Gasteiger partial charge in [0, 0.05) is 21.9 Å². The monoisotopic (exact) mass is 423 g/mol. The largest absolute Gasteiger partial charge is 0.417 e. The van der Waals surface area contributed by atoms with Crippen LogP contribution in [0.1, 0.15) is 21.5 Å². The van der Waals surface area contributed by atoms with Crippen LogP contribution in [0.25, 0.3) is 11.1 Å². The van der Waals surface area contributed by atoms with Gasteiger partial charge in [-0.3, -0.25) is 4.79 Å². The fourth-order valence-corrected chi connectivity index (χ4v) is 3.91. The van der Waals surface area contributed by atoms with Crippen LogP contribution < -0.4 is 5.73 Å². The molecule has 0 aromatic heterocycles. The first-order chi connectivity index (χ1) is 12.9. The Morgan fingerprint density at radius 3 is 2.18 bits per heavy atom. The molecule has 2 N–H and O–H groups in total. The topological polar surface area (TPSA) is 43.1 Å². The molecule has 0 atom stereocenters. The van der Waals surface area contributed by atoms with Gasteiger partial charge in [-0.25, -0.2) is 0 Å². The van der Waals surface area contributed by atoms with E-state index in [9.17, 15) is 18.0 Å². The van der Waals surface area contributed by atoms with E-state index in [-0.39, 0.29) is 23.8 Å². The number of hydrogen-bond acceptors (Lipinski definition) is 3. The molecule has 3 aromatic rings. The summed E-state index contributed by atoms with van der Waals surface area (Å²) >= 11 is 0.916. The summed E-state index contributed by atoms with van der Waals surface area (Å²) in [6.45, 7) is -0.0463. The molecule has 0 fully saturated rings. The Labute approximate surface area is 171 Å². The van der Waals surface area contributed by atoms with Gasteiger partial charge in [-0.1, -0.05) is 60.3 Å². The molecule has 7 heteroatoms. The lowest BCUT2D eigenvalue weighted by Crippen LogP contribution is -2.11. The summed E-state index contributed by atoms with van der Waals surface area (Å²) < 4.78 is 41.5. The van der Waals surface area contributed by atoms with E-state index in [0.717, 1.165) is 17.8 Å². The summed E-state index contributed by atoms with van der Waals surface area (Å²) in [6, 6.07) is 18.2. The summed E-state index contributed by atoms with van der Waals surface area (Å²) in [6.07, 6.45) is -3.91. The lowest BCUT2D eigenvalue weighted by molar-refractivity contribution is -0.139. The molecular formula is C21H17ClF3NOS. The molecule has 0 aliphatic rings. The van der Waals surface area contributed by atoms with Crippen molar-refractivity contribution in [1.29, 1.82) is 0 Å². The Morgan fingerprint density at radius 1 is 0.929 bits per heavy atom. The van der Waals surface area contributed by atoms with Crippen LogP contribution in [0.3, 0.4) is 0 Å². The van der Waals surface area contributed by atoms with Crippen molar-refractivity contribution in [3.05, 3.63) is 83.4 Å². The molecule has 0 aliphatic carbocycles. The van der Waals surface area contributed by atoms with Crippen molar-refractivity contribution in [2.45, 2.75) is 22.5 Å². The van der Waals surface area contributed by atoms with E-state index in [2.05, 4.69) is 0 Å². The summed E-state index contributed by atoms with van der Waals surface area (Å²) in [5, 5.41) is 0. The molecule has 0 saturated carbocycles. The summed E-state index contributed by atoms with van der Waals surface area (Å²) in [4.78, 5) is 11.7. The van der Waals surface area contributed by atoms with Crippen LogP contribution in [0.15, 0.2) is 76.5 Å². The van der Waals surface area contributed by atoms with Gasteiger partial charge >= 0.3 is 6.18 Å². The predicted octanol–water partition coefficient (Wildman–Crippen LogP) is 6.22. The number of aldehydes is 1. The highest BCUT2D eigenvalue weighted by Crippen LogP contribution is 2.44. The molecule has 0 bridgehead atoms. The summed E-state index contributed by atoms with van der Waals surface area (Å²) in [7, 11) is 0. The van der Waals surface area contributed by atoms with E-state index in [0.29, 0.717) is 33.4 Å². The number of hydrogen-bond donors (Lipinski definition) is 1. The van der Waals surface area contributed by atoms with Crippen LogP contribution in [0.5, 0.6) is 0 Å². The summed E-state index contributed by atoms with van der Waals surface area (Å²) in [5.41, 5.74) is 6.89. The van der Waals surface area contributed by atoms with E-state index in [4.69, 9.17) is 5.73 Å². The van der Waals surface area contributed by atoms with Gasteiger partial charge in [0.2, 0.25) is 0 Å². The van der Waals surface area contributed by atoms with Crippen LogP contribution in [0.4, 0.5) is 13.2 Å². The van der Waals surface area contributed by atoms with Crippen molar-refractivity contribution in [1.82, 2.24) is 0 Å². The van der Waals surface area contributed by atoms with Crippen molar-refractivity contribution in [3.8, 4) is 11.1 Å². The minimum absolute atomic E-state index is 0.